The Labute approximate surface area is 115 Å². The summed E-state index contributed by atoms with van der Waals surface area (Å²) in [5.41, 5.74) is 0.506. The number of hydrogen-bond donors (Lipinski definition) is 0. The van der Waals surface area contributed by atoms with Crippen LogP contribution in [0.25, 0.3) is 0 Å². The van der Waals surface area contributed by atoms with Crippen molar-refractivity contribution in [1.82, 2.24) is 0 Å². The first-order valence-corrected chi connectivity index (χ1v) is 9.09. The molecular weight excluding hydrogens is 314 g/mol. The molecule has 0 aliphatic carbocycles. The van der Waals surface area contributed by atoms with E-state index in [2.05, 4.69) is 9.05 Å². The van der Waals surface area contributed by atoms with Crippen molar-refractivity contribution in [2.24, 2.45) is 0 Å². The molecule has 10 heteroatoms. The van der Waals surface area contributed by atoms with Gasteiger partial charge < -0.3 is 9.05 Å². The van der Waals surface area contributed by atoms with Crippen molar-refractivity contribution < 1.29 is 31.7 Å². The summed E-state index contributed by atoms with van der Waals surface area (Å²) in [5, 5.41) is 3.44. The molecule has 110 valence electrons. The predicted octanol–water partition coefficient (Wildman–Crippen LogP) is 3.65. The monoisotopic (exact) mass is 330 g/mol. The summed E-state index contributed by atoms with van der Waals surface area (Å²) in [6.45, 7) is 0. The van der Waals surface area contributed by atoms with Crippen molar-refractivity contribution in [3.8, 4) is 0 Å². The van der Waals surface area contributed by atoms with E-state index in [1.54, 1.807) is 16.8 Å². The quantitative estimate of drug-likeness (QED) is 0.673. The molecule has 0 aliphatic heterocycles. The lowest BCUT2D eigenvalue weighted by Gasteiger charge is -2.26. The van der Waals surface area contributed by atoms with Gasteiger partial charge in [-0.1, -0.05) is 0 Å². The summed E-state index contributed by atoms with van der Waals surface area (Å²) in [6, 6.07) is 1.66. The zero-order valence-electron chi connectivity index (χ0n) is 11.0. The van der Waals surface area contributed by atoms with Crippen LogP contribution in [-0.2, 0) is 31.7 Å². The lowest BCUT2D eigenvalue weighted by atomic mass is 10.4. The molecule has 0 aliphatic rings. The van der Waals surface area contributed by atoms with E-state index in [1.807, 2.05) is 0 Å². The van der Waals surface area contributed by atoms with E-state index in [4.69, 9.17) is 13.6 Å². The Morgan fingerprint density at radius 1 is 1.05 bits per heavy atom. The van der Waals surface area contributed by atoms with Crippen molar-refractivity contribution in [2.45, 2.75) is 5.85 Å². The molecule has 7 nitrogen and oxygen atoms in total. The molecular formula is C9H16O7P2S. The summed E-state index contributed by atoms with van der Waals surface area (Å²) >= 11 is 1.36. The average Bonchev–Trinajstić information content (AvgIpc) is 2.97. The molecule has 0 bridgehead atoms. The third-order valence-electron chi connectivity index (χ3n) is 2.30. The molecule has 1 unspecified atom stereocenters. The second-order valence-electron chi connectivity index (χ2n) is 3.23. The van der Waals surface area contributed by atoms with Gasteiger partial charge >= 0.3 is 15.4 Å². The summed E-state index contributed by atoms with van der Waals surface area (Å²) in [5.74, 6) is -1.19. The Hall–Kier alpha value is -0.0400. The van der Waals surface area contributed by atoms with Crippen molar-refractivity contribution >= 4 is 26.8 Å². The topological polar surface area (TPSA) is 80.3 Å². The lowest BCUT2D eigenvalue weighted by molar-refractivity contribution is 0.116. The Morgan fingerprint density at radius 3 is 2.00 bits per heavy atom. The fraction of sp³-hybridized carbons (Fsp3) is 0.556. The minimum atomic E-state index is -3.83. The highest BCUT2D eigenvalue weighted by atomic mass is 32.1. The first-order chi connectivity index (χ1) is 8.94. The van der Waals surface area contributed by atoms with Gasteiger partial charge in [0.05, 0.1) is 0 Å². The van der Waals surface area contributed by atoms with E-state index in [9.17, 15) is 9.13 Å². The van der Waals surface area contributed by atoms with Gasteiger partial charge in [0.25, 0.3) is 0 Å². The van der Waals surface area contributed by atoms with Gasteiger partial charge in [0.15, 0.2) is 5.85 Å². The van der Waals surface area contributed by atoms with Crippen molar-refractivity contribution in [3.63, 3.8) is 0 Å². The van der Waals surface area contributed by atoms with Crippen molar-refractivity contribution in [3.05, 3.63) is 22.4 Å². The summed E-state index contributed by atoms with van der Waals surface area (Å²) in [7, 11) is -2.71. The van der Waals surface area contributed by atoms with Crippen LogP contribution in [0.1, 0.15) is 11.4 Å². The smallest absolute Gasteiger partial charge is 0.310 e. The van der Waals surface area contributed by atoms with E-state index < -0.39 is 21.3 Å². The molecule has 0 saturated heterocycles. The van der Waals surface area contributed by atoms with Crippen LogP contribution in [0.2, 0.25) is 0 Å². The summed E-state index contributed by atoms with van der Waals surface area (Å²) < 4.78 is 48.9. The molecule has 1 heterocycles. The molecule has 1 aromatic heterocycles. The Balaban J connectivity index is 3.15. The zero-order chi connectivity index (χ0) is 14.5. The zero-order valence-corrected chi connectivity index (χ0v) is 13.6. The van der Waals surface area contributed by atoms with Crippen molar-refractivity contribution in [2.75, 3.05) is 28.4 Å². The molecule has 0 aromatic carbocycles. The highest BCUT2D eigenvalue weighted by molar-refractivity contribution is 7.55. The van der Waals surface area contributed by atoms with E-state index in [0.717, 1.165) is 0 Å². The third kappa shape index (κ3) is 3.97. The second kappa shape index (κ2) is 7.11. The fourth-order valence-corrected chi connectivity index (χ4v) is 4.59. The number of phosphoric ester groups is 1. The molecule has 0 amide bonds. The molecule has 19 heavy (non-hydrogen) atoms. The Kier molecular flexibility index (Phi) is 6.36. The van der Waals surface area contributed by atoms with Crippen LogP contribution in [0.5, 0.6) is 0 Å². The van der Waals surface area contributed by atoms with Crippen LogP contribution >= 0.6 is 26.8 Å². The maximum absolute atomic E-state index is 12.5. The normalized spacial score (nSPS) is 14.5. The van der Waals surface area contributed by atoms with Gasteiger partial charge in [-0.3, -0.25) is 18.1 Å². The SMILES string of the molecule is COP(=O)(OC)OC(c1ccsc1)P(=O)(OC)OC. The molecule has 1 rings (SSSR count). The van der Waals surface area contributed by atoms with Crippen LogP contribution in [0.4, 0.5) is 0 Å². The van der Waals surface area contributed by atoms with Crippen LogP contribution in [-0.4, -0.2) is 28.4 Å². The fourth-order valence-electron chi connectivity index (χ4n) is 1.27. The number of phosphoric acid groups is 1. The van der Waals surface area contributed by atoms with Gasteiger partial charge in [0.2, 0.25) is 0 Å². The van der Waals surface area contributed by atoms with Gasteiger partial charge in [-0.15, -0.1) is 0 Å². The molecule has 0 saturated carbocycles. The van der Waals surface area contributed by atoms with Crippen LogP contribution in [0.15, 0.2) is 16.8 Å². The number of rotatable bonds is 8. The van der Waals surface area contributed by atoms with Crippen LogP contribution < -0.4 is 0 Å². The van der Waals surface area contributed by atoms with E-state index in [0.29, 0.717) is 5.56 Å². The minimum absolute atomic E-state index is 0.506. The van der Waals surface area contributed by atoms with Gasteiger partial charge in [0.1, 0.15) is 0 Å². The predicted molar refractivity (Wildman–Crippen MR) is 71.4 cm³/mol. The first kappa shape index (κ1) is 17.0. The van der Waals surface area contributed by atoms with Crippen LogP contribution in [0.3, 0.4) is 0 Å². The lowest BCUT2D eigenvalue weighted by Crippen LogP contribution is -2.07. The summed E-state index contributed by atoms with van der Waals surface area (Å²) in [6.07, 6.45) is 0. The van der Waals surface area contributed by atoms with Crippen molar-refractivity contribution in [1.29, 1.82) is 0 Å². The van der Waals surface area contributed by atoms with E-state index >= 15 is 0 Å². The number of hydrogen-bond acceptors (Lipinski definition) is 8. The third-order valence-corrected chi connectivity index (χ3v) is 6.53. The second-order valence-corrected chi connectivity index (χ2v) is 8.13. The van der Waals surface area contributed by atoms with Gasteiger partial charge in [-0.2, -0.15) is 11.3 Å². The first-order valence-electron chi connectivity index (χ1n) is 5.08. The standard InChI is InChI=1S/C9H16O7P2S/c1-12-17(10,13-2)9(8-5-6-19-7-8)16-18(11,14-3)15-4/h5-7,9H,1-4H3. The summed E-state index contributed by atoms with van der Waals surface area (Å²) in [4.78, 5) is 0. The molecule has 0 spiro atoms. The highest BCUT2D eigenvalue weighted by Crippen LogP contribution is 2.66. The average molecular weight is 330 g/mol. The molecule has 0 fully saturated rings. The maximum atomic E-state index is 12.5. The van der Waals surface area contributed by atoms with Gasteiger partial charge in [-0.25, -0.2) is 4.57 Å². The maximum Gasteiger partial charge on any atom is 0.475 e. The molecule has 1 aromatic rings. The Morgan fingerprint density at radius 2 is 1.63 bits per heavy atom. The van der Waals surface area contributed by atoms with Crippen LogP contribution in [0, 0.1) is 0 Å². The number of thiophene rings is 1. The highest BCUT2D eigenvalue weighted by Gasteiger charge is 2.43. The minimum Gasteiger partial charge on any atom is -0.310 e. The van der Waals surface area contributed by atoms with E-state index in [1.165, 1.54) is 39.8 Å². The Bertz CT molecular complexity index is 459. The van der Waals surface area contributed by atoms with Gasteiger partial charge in [-0.05, 0) is 16.8 Å². The van der Waals surface area contributed by atoms with Gasteiger partial charge in [0, 0.05) is 34.0 Å². The van der Waals surface area contributed by atoms with E-state index in [-0.39, 0.29) is 0 Å². The molecule has 0 radical (unpaired) electrons. The largest absolute Gasteiger partial charge is 0.475 e. The molecule has 1 atom stereocenters. The molecule has 0 N–H and O–H groups in total.